The van der Waals surface area contributed by atoms with Gasteiger partial charge in [-0.05, 0) is 19.9 Å². The standard InChI is InChI=1S/C8H15N/c1-7-4-8(2)6-9(3)5-7/h4,7H,5-6H2,1-3H3/t7-/m0/s1. The van der Waals surface area contributed by atoms with Crippen LogP contribution in [-0.2, 0) is 0 Å². The second kappa shape index (κ2) is 2.53. The SMILES string of the molecule is CC1=C[C@H](C)CN(C)C1. The molecule has 1 atom stereocenters. The molecular weight excluding hydrogens is 110 g/mol. The van der Waals surface area contributed by atoms with Crippen molar-refractivity contribution >= 4 is 0 Å². The van der Waals surface area contributed by atoms with Crippen molar-refractivity contribution in [2.24, 2.45) is 5.92 Å². The quantitative estimate of drug-likeness (QED) is 0.444. The summed E-state index contributed by atoms with van der Waals surface area (Å²) in [5.41, 5.74) is 1.51. The Bertz CT molecular complexity index is 127. The molecule has 0 aromatic rings. The van der Waals surface area contributed by atoms with Crippen molar-refractivity contribution in [3.8, 4) is 0 Å². The Morgan fingerprint density at radius 3 is 2.78 bits per heavy atom. The summed E-state index contributed by atoms with van der Waals surface area (Å²) in [7, 11) is 2.17. The highest BCUT2D eigenvalue weighted by Crippen LogP contribution is 2.11. The molecule has 1 nitrogen and oxygen atoms in total. The van der Waals surface area contributed by atoms with Gasteiger partial charge in [-0.15, -0.1) is 0 Å². The lowest BCUT2D eigenvalue weighted by Crippen LogP contribution is -2.29. The second-order valence-electron chi connectivity index (χ2n) is 3.19. The zero-order valence-corrected chi connectivity index (χ0v) is 6.52. The molecule has 0 N–H and O–H groups in total. The first-order chi connectivity index (χ1) is 4.18. The van der Waals surface area contributed by atoms with E-state index < -0.39 is 0 Å². The van der Waals surface area contributed by atoms with Crippen molar-refractivity contribution in [3.05, 3.63) is 11.6 Å². The van der Waals surface area contributed by atoms with Gasteiger partial charge in [-0.1, -0.05) is 18.6 Å². The molecule has 9 heavy (non-hydrogen) atoms. The van der Waals surface area contributed by atoms with Crippen LogP contribution in [0.25, 0.3) is 0 Å². The van der Waals surface area contributed by atoms with Crippen molar-refractivity contribution in [3.63, 3.8) is 0 Å². The third-order valence-corrected chi connectivity index (χ3v) is 1.69. The first-order valence-electron chi connectivity index (χ1n) is 3.54. The summed E-state index contributed by atoms with van der Waals surface area (Å²) in [5.74, 6) is 0.753. The van der Waals surface area contributed by atoms with Crippen LogP contribution in [0.2, 0.25) is 0 Å². The molecule has 52 valence electrons. The lowest BCUT2D eigenvalue weighted by Gasteiger charge is -2.25. The predicted octanol–water partition coefficient (Wildman–Crippen LogP) is 1.51. The summed E-state index contributed by atoms with van der Waals surface area (Å²) in [6.07, 6.45) is 2.36. The van der Waals surface area contributed by atoms with E-state index >= 15 is 0 Å². The maximum absolute atomic E-state index is 2.36. The van der Waals surface area contributed by atoms with Gasteiger partial charge in [-0.25, -0.2) is 0 Å². The van der Waals surface area contributed by atoms with Gasteiger partial charge in [0.15, 0.2) is 0 Å². The molecule has 0 unspecified atom stereocenters. The number of nitrogens with zero attached hydrogens (tertiary/aromatic N) is 1. The Balaban J connectivity index is 2.56. The zero-order valence-electron chi connectivity index (χ0n) is 6.52. The maximum Gasteiger partial charge on any atom is 0.0187 e. The summed E-state index contributed by atoms with van der Waals surface area (Å²) in [4.78, 5) is 2.36. The number of likely N-dealkylation sites (N-methyl/N-ethyl adjacent to an activating group) is 1. The Kier molecular flexibility index (Phi) is 1.91. The van der Waals surface area contributed by atoms with Gasteiger partial charge in [0.1, 0.15) is 0 Å². The smallest absolute Gasteiger partial charge is 0.0187 e. The molecule has 1 rings (SSSR count). The lowest BCUT2D eigenvalue weighted by molar-refractivity contribution is 0.313. The van der Waals surface area contributed by atoms with Crippen LogP contribution in [0, 0.1) is 5.92 Å². The van der Waals surface area contributed by atoms with E-state index in [1.54, 1.807) is 0 Å². The zero-order chi connectivity index (χ0) is 6.85. The molecule has 0 radical (unpaired) electrons. The van der Waals surface area contributed by atoms with Crippen molar-refractivity contribution in [1.82, 2.24) is 4.90 Å². The topological polar surface area (TPSA) is 3.24 Å². The number of hydrogen-bond donors (Lipinski definition) is 0. The highest BCUT2D eigenvalue weighted by atomic mass is 15.1. The van der Waals surface area contributed by atoms with Crippen LogP contribution in [0.4, 0.5) is 0 Å². The van der Waals surface area contributed by atoms with Gasteiger partial charge in [-0.2, -0.15) is 0 Å². The second-order valence-corrected chi connectivity index (χ2v) is 3.19. The van der Waals surface area contributed by atoms with Crippen LogP contribution in [0.1, 0.15) is 13.8 Å². The third kappa shape index (κ3) is 1.83. The molecule has 0 saturated carbocycles. The van der Waals surface area contributed by atoms with Crippen LogP contribution in [0.3, 0.4) is 0 Å². The van der Waals surface area contributed by atoms with E-state index in [0.29, 0.717) is 0 Å². The largest absolute Gasteiger partial charge is 0.302 e. The predicted molar refractivity (Wildman–Crippen MR) is 40.4 cm³/mol. The molecule has 0 fully saturated rings. The Morgan fingerprint density at radius 2 is 2.33 bits per heavy atom. The lowest BCUT2D eigenvalue weighted by atomic mass is 10.0. The van der Waals surface area contributed by atoms with Gasteiger partial charge < -0.3 is 4.90 Å². The van der Waals surface area contributed by atoms with E-state index in [0.717, 1.165) is 12.5 Å². The first-order valence-corrected chi connectivity index (χ1v) is 3.54. The molecule has 0 bridgehead atoms. The first kappa shape index (κ1) is 6.81. The molecule has 0 aliphatic carbocycles. The van der Waals surface area contributed by atoms with Gasteiger partial charge in [0, 0.05) is 13.1 Å². The average Bonchev–Trinajstić information content (AvgIpc) is 1.59. The molecule has 1 aliphatic heterocycles. The van der Waals surface area contributed by atoms with Crippen LogP contribution < -0.4 is 0 Å². The van der Waals surface area contributed by atoms with Crippen molar-refractivity contribution in [2.45, 2.75) is 13.8 Å². The van der Waals surface area contributed by atoms with Crippen LogP contribution in [0.5, 0.6) is 0 Å². The van der Waals surface area contributed by atoms with Gasteiger partial charge in [0.2, 0.25) is 0 Å². The molecule has 0 aromatic carbocycles. The molecule has 0 saturated heterocycles. The van der Waals surface area contributed by atoms with Crippen molar-refractivity contribution in [2.75, 3.05) is 20.1 Å². The fourth-order valence-corrected chi connectivity index (χ4v) is 1.57. The summed E-state index contributed by atoms with van der Waals surface area (Å²) >= 11 is 0. The minimum absolute atomic E-state index is 0.753. The monoisotopic (exact) mass is 125 g/mol. The fourth-order valence-electron chi connectivity index (χ4n) is 1.57. The number of rotatable bonds is 0. The highest BCUT2D eigenvalue weighted by molar-refractivity contribution is 5.06. The molecule has 0 aromatic heterocycles. The molecule has 1 heterocycles. The Labute approximate surface area is 57.4 Å². The molecule has 0 spiro atoms. The highest BCUT2D eigenvalue weighted by Gasteiger charge is 2.09. The summed E-state index contributed by atoms with van der Waals surface area (Å²) < 4.78 is 0. The van der Waals surface area contributed by atoms with Crippen LogP contribution >= 0.6 is 0 Å². The van der Waals surface area contributed by atoms with Crippen molar-refractivity contribution < 1.29 is 0 Å². The van der Waals surface area contributed by atoms with Crippen molar-refractivity contribution in [1.29, 1.82) is 0 Å². The third-order valence-electron chi connectivity index (χ3n) is 1.69. The van der Waals surface area contributed by atoms with E-state index in [9.17, 15) is 0 Å². The van der Waals surface area contributed by atoms with E-state index in [1.807, 2.05) is 0 Å². The van der Waals surface area contributed by atoms with Crippen LogP contribution in [-0.4, -0.2) is 25.0 Å². The van der Waals surface area contributed by atoms with E-state index in [1.165, 1.54) is 12.1 Å². The molecular formula is C8H15N. The maximum atomic E-state index is 2.36. The van der Waals surface area contributed by atoms with Gasteiger partial charge >= 0.3 is 0 Å². The minimum atomic E-state index is 0.753. The van der Waals surface area contributed by atoms with Gasteiger partial charge in [0.25, 0.3) is 0 Å². The molecule has 0 amide bonds. The fraction of sp³-hybridized carbons (Fsp3) is 0.750. The normalized spacial score (nSPS) is 30.1. The average molecular weight is 125 g/mol. The summed E-state index contributed by atoms with van der Waals surface area (Å²) in [6.45, 7) is 6.84. The van der Waals surface area contributed by atoms with Crippen LogP contribution in [0.15, 0.2) is 11.6 Å². The Hall–Kier alpha value is -0.300. The summed E-state index contributed by atoms with van der Waals surface area (Å²) in [5, 5.41) is 0. The molecule has 1 heteroatoms. The van der Waals surface area contributed by atoms with E-state index in [4.69, 9.17) is 0 Å². The van der Waals surface area contributed by atoms with E-state index in [-0.39, 0.29) is 0 Å². The molecule has 1 aliphatic rings. The van der Waals surface area contributed by atoms with Gasteiger partial charge in [0.05, 0.1) is 0 Å². The summed E-state index contributed by atoms with van der Waals surface area (Å²) in [6, 6.07) is 0. The Morgan fingerprint density at radius 1 is 1.67 bits per heavy atom. The van der Waals surface area contributed by atoms with Gasteiger partial charge in [-0.3, -0.25) is 0 Å². The minimum Gasteiger partial charge on any atom is -0.302 e. The number of hydrogen-bond acceptors (Lipinski definition) is 1. The van der Waals surface area contributed by atoms with E-state index in [2.05, 4.69) is 31.9 Å².